The molecule has 8 nitrogen and oxygen atoms in total. The molecule has 28 heavy (non-hydrogen) atoms. The monoisotopic (exact) mass is 410 g/mol. The van der Waals surface area contributed by atoms with Gasteiger partial charge in [-0.2, -0.15) is 0 Å². The van der Waals surface area contributed by atoms with Gasteiger partial charge in [0.1, 0.15) is 18.5 Å². The van der Waals surface area contributed by atoms with Crippen molar-refractivity contribution < 1.29 is 38.4 Å². The quantitative estimate of drug-likeness (QED) is 0.601. The number of hydrogen-bond donors (Lipinski definition) is 2. The van der Waals surface area contributed by atoms with Crippen LogP contribution in [0.4, 0.5) is 0 Å². The van der Waals surface area contributed by atoms with Crippen molar-refractivity contribution in [3.63, 3.8) is 0 Å². The molecule has 0 saturated carbocycles. The maximum Gasteiger partial charge on any atom is 0.373 e. The molecule has 152 valence electrons. The molecule has 0 radical (unpaired) electrons. The third kappa shape index (κ3) is 5.75. The highest BCUT2D eigenvalue weighted by molar-refractivity contribution is 8.13. The van der Waals surface area contributed by atoms with Gasteiger partial charge in [-0.3, -0.25) is 4.79 Å². The Morgan fingerprint density at radius 1 is 1.14 bits per heavy atom. The summed E-state index contributed by atoms with van der Waals surface area (Å²) >= 11 is 0.939. The minimum atomic E-state index is -1.18. The highest BCUT2D eigenvalue weighted by Gasteiger charge is 2.21. The molecule has 2 unspecified atom stereocenters. The highest BCUT2D eigenvalue weighted by atomic mass is 32.2. The summed E-state index contributed by atoms with van der Waals surface area (Å²) < 4.78 is 20.8. The maximum absolute atomic E-state index is 11.4. The SMILES string of the molecule is COC(=O)c1ccc(COc2ccc(C(O)C(O)CSC(C)=O)cc2OC)o1. The summed E-state index contributed by atoms with van der Waals surface area (Å²) in [5.41, 5.74) is 0.423. The number of thioether (sulfide) groups is 1. The van der Waals surface area contributed by atoms with Crippen LogP contribution in [0.5, 0.6) is 11.5 Å². The molecular formula is C19H22O8S. The van der Waals surface area contributed by atoms with E-state index in [2.05, 4.69) is 4.74 Å². The maximum atomic E-state index is 11.4. The molecule has 9 heteroatoms. The molecule has 0 bridgehead atoms. The van der Waals surface area contributed by atoms with Gasteiger partial charge in [0.25, 0.3) is 0 Å². The second-order valence-electron chi connectivity index (χ2n) is 5.77. The van der Waals surface area contributed by atoms with Crippen LogP contribution in [0.2, 0.25) is 0 Å². The van der Waals surface area contributed by atoms with Gasteiger partial charge in [-0.1, -0.05) is 17.8 Å². The van der Waals surface area contributed by atoms with Gasteiger partial charge >= 0.3 is 5.97 Å². The van der Waals surface area contributed by atoms with Crippen LogP contribution in [-0.4, -0.2) is 47.4 Å². The minimum absolute atomic E-state index is 0.0487. The second kappa shape index (κ2) is 10.2. The Balaban J connectivity index is 2.05. The lowest BCUT2D eigenvalue weighted by molar-refractivity contribution is -0.109. The third-order valence-corrected chi connectivity index (χ3v) is 4.68. The Morgan fingerprint density at radius 3 is 2.54 bits per heavy atom. The van der Waals surface area contributed by atoms with Crippen LogP contribution < -0.4 is 9.47 Å². The van der Waals surface area contributed by atoms with Crippen LogP contribution in [0.15, 0.2) is 34.7 Å². The van der Waals surface area contributed by atoms with Crippen molar-refractivity contribution in [2.24, 2.45) is 0 Å². The van der Waals surface area contributed by atoms with Gasteiger partial charge in [-0.25, -0.2) is 4.79 Å². The summed E-state index contributed by atoms with van der Waals surface area (Å²) in [6.45, 7) is 1.44. The number of aliphatic hydroxyl groups excluding tert-OH is 2. The first-order valence-corrected chi connectivity index (χ1v) is 9.31. The highest BCUT2D eigenvalue weighted by Crippen LogP contribution is 2.32. The molecule has 0 saturated heterocycles. The van der Waals surface area contributed by atoms with E-state index in [1.807, 2.05) is 0 Å². The van der Waals surface area contributed by atoms with E-state index < -0.39 is 18.2 Å². The van der Waals surface area contributed by atoms with Crippen molar-refractivity contribution in [2.45, 2.75) is 25.7 Å². The summed E-state index contributed by atoms with van der Waals surface area (Å²) in [5.74, 6) is 0.735. The average molecular weight is 410 g/mol. The Kier molecular flexibility index (Phi) is 7.91. The lowest BCUT2D eigenvalue weighted by atomic mass is 10.0. The van der Waals surface area contributed by atoms with Crippen LogP contribution in [0, 0.1) is 0 Å². The zero-order valence-electron chi connectivity index (χ0n) is 15.7. The number of methoxy groups -OCH3 is 2. The van der Waals surface area contributed by atoms with E-state index in [0.717, 1.165) is 11.8 Å². The van der Waals surface area contributed by atoms with E-state index in [1.165, 1.54) is 27.2 Å². The molecule has 0 amide bonds. The van der Waals surface area contributed by atoms with E-state index in [4.69, 9.17) is 13.9 Å². The first kappa shape index (κ1) is 21.8. The van der Waals surface area contributed by atoms with E-state index in [0.29, 0.717) is 22.8 Å². The number of ether oxygens (including phenoxy) is 3. The number of benzene rings is 1. The number of esters is 1. The van der Waals surface area contributed by atoms with Gasteiger partial charge in [0.05, 0.1) is 20.3 Å². The molecule has 0 aliphatic carbocycles. The van der Waals surface area contributed by atoms with Crippen LogP contribution in [0.1, 0.15) is 34.9 Å². The van der Waals surface area contributed by atoms with Gasteiger partial charge in [-0.05, 0) is 29.8 Å². The summed E-state index contributed by atoms with van der Waals surface area (Å²) in [6, 6.07) is 7.81. The minimum Gasteiger partial charge on any atom is -0.493 e. The Bertz CT molecular complexity index is 816. The van der Waals surface area contributed by atoms with Crippen molar-refractivity contribution in [1.29, 1.82) is 0 Å². The van der Waals surface area contributed by atoms with E-state index in [1.54, 1.807) is 24.3 Å². The second-order valence-corrected chi connectivity index (χ2v) is 6.97. The third-order valence-electron chi connectivity index (χ3n) is 3.77. The van der Waals surface area contributed by atoms with Gasteiger partial charge < -0.3 is 28.8 Å². The number of carbonyl (C=O) groups is 2. The smallest absolute Gasteiger partial charge is 0.373 e. The van der Waals surface area contributed by atoms with Gasteiger partial charge in [0.2, 0.25) is 5.76 Å². The standard InChI is InChI=1S/C19H22O8S/c1-11(20)28-10-14(21)18(22)12-4-6-15(17(8-12)24-2)26-9-13-5-7-16(27-13)19(23)25-3/h4-8,14,18,21-22H,9-10H2,1-3H3. The molecule has 1 aromatic carbocycles. The van der Waals surface area contributed by atoms with Crippen molar-refractivity contribution in [1.82, 2.24) is 0 Å². The van der Waals surface area contributed by atoms with Crippen LogP contribution >= 0.6 is 11.8 Å². The normalized spacial score (nSPS) is 12.9. The first-order chi connectivity index (χ1) is 13.3. The Morgan fingerprint density at radius 2 is 1.89 bits per heavy atom. The summed E-state index contributed by atoms with van der Waals surface area (Å²) in [5, 5.41) is 20.2. The van der Waals surface area contributed by atoms with Crippen molar-refractivity contribution in [3.8, 4) is 11.5 Å². The van der Waals surface area contributed by atoms with Gasteiger partial charge in [-0.15, -0.1) is 0 Å². The average Bonchev–Trinajstić information content (AvgIpc) is 3.18. The molecule has 2 N–H and O–H groups in total. The topological polar surface area (TPSA) is 115 Å². The molecule has 2 aromatic rings. The molecule has 0 aliphatic rings. The molecular weight excluding hydrogens is 388 g/mol. The molecule has 0 aliphatic heterocycles. The fraction of sp³-hybridized carbons (Fsp3) is 0.368. The Labute approximate surface area is 166 Å². The zero-order chi connectivity index (χ0) is 20.7. The number of rotatable bonds is 9. The fourth-order valence-electron chi connectivity index (χ4n) is 2.32. The Hall–Kier alpha value is -2.49. The van der Waals surface area contributed by atoms with Crippen LogP contribution in [0.3, 0.4) is 0 Å². The zero-order valence-corrected chi connectivity index (χ0v) is 16.5. The largest absolute Gasteiger partial charge is 0.493 e. The molecule has 1 aromatic heterocycles. The van der Waals surface area contributed by atoms with Gasteiger partial charge in [0, 0.05) is 12.7 Å². The predicted molar refractivity (Wildman–Crippen MR) is 101 cm³/mol. The fourth-order valence-corrected chi connectivity index (χ4v) is 2.91. The number of carbonyl (C=O) groups excluding carboxylic acids is 2. The van der Waals surface area contributed by atoms with E-state index in [-0.39, 0.29) is 23.2 Å². The number of furan rings is 1. The molecule has 0 spiro atoms. The number of hydrogen-bond acceptors (Lipinski definition) is 9. The van der Waals surface area contributed by atoms with Gasteiger partial charge in [0.15, 0.2) is 16.6 Å². The summed E-state index contributed by atoms with van der Waals surface area (Å²) in [6.07, 6.45) is -2.28. The first-order valence-electron chi connectivity index (χ1n) is 8.33. The van der Waals surface area contributed by atoms with Crippen molar-refractivity contribution in [2.75, 3.05) is 20.0 Å². The van der Waals surface area contributed by atoms with Crippen molar-refractivity contribution in [3.05, 3.63) is 47.4 Å². The van der Waals surface area contributed by atoms with Crippen molar-refractivity contribution >= 4 is 22.8 Å². The lowest BCUT2D eigenvalue weighted by Gasteiger charge is -2.19. The predicted octanol–water partition coefficient (Wildman–Crippen LogP) is 2.33. The summed E-state index contributed by atoms with van der Waals surface area (Å²) in [7, 11) is 2.71. The summed E-state index contributed by atoms with van der Waals surface area (Å²) in [4.78, 5) is 22.4. The number of aliphatic hydroxyl groups is 2. The molecule has 2 atom stereocenters. The lowest BCUT2D eigenvalue weighted by Crippen LogP contribution is -2.21. The van der Waals surface area contributed by atoms with E-state index in [9.17, 15) is 19.8 Å². The van der Waals surface area contributed by atoms with E-state index >= 15 is 0 Å². The van der Waals surface area contributed by atoms with Crippen LogP contribution in [0.25, 0.3) is 0 Å². The molecule has 2 rings (SSSR count). The molecule has 0 fully saturated rings. The van der Waals surface area contributed by atoms with Crippen LogP contribution in [-0.2, 0) is 16.1 Å². The molecule has 1 heterocycles.